The first-order valence-corrected chi connectivity index (χ1v) is 8.68. The van der Waals surface area contributed by atoms with Gasteiger partial charge in [-0.2, -0.15) is 0 Å². The Labute approximate surface area is 168 Å². The molecule has 9 heteroatoms. The van der Waals surface area contributed by atoms with Gasteiger partial charge in [-0.25, -0.2) is 4.79 Å². The lowest BCUT2D eigenvalue weighted by Gasteiger charge is -2.28. The van der Waals surface area contributed by atoms with Crippen LogP contribution < -0.4 is 25.8 Å². The Morgan fingerprint density at radius 2 is 1.82 bits per heavy atom. The molecule has 0 saturated heterocycles. The molecule has 2 aromatic rings. The fraction of sp³-hybridized carbons (Fsp3) is 0.263. The van der Waals surface area contributed by atoms with E-state index >= 15 is 0 Å². The van der Waals surface area contributed by atoms with Crippen LogP contribution in [0.3, 0.4) is 0 Å². The number of nitrogens with one attached hydrogen (secondary N) is 2. The minimum absolute atomic E-state index is 0. The van der Waals surface area contributed by atoms with E-state index in [0.717, 1.165) is 12.0 Å². The van der Waals surface area contributed by atoms with Crippen molar-refractivity contribution in [2.75, 3.05) is 30.9 Å². The Balaban J connectivity index is 0.00000225. The van der Waals surface area contributed by atoms with Gasteiger partial charge >= 0.3 is 6.03 Å². The molecule has 0 aromatic heterocycles. The summed E-state index contributed by atoms with van der Waals surface area (Å²) < 4.78 is 10.5. The first-order chi connectivity index (χ1) is 13.1. The lowest BCUT2D eigenvalue weighted by atomic mass is 10.0. The van der Waals surface area contributed by atoms with Crippen LogP contribution in [-0.2, 0) is 17.8 Å². The number of anilines is 2. The van der Waals surface area contributed by atoms with Crippen LogP contribution in [0.25, 0.3) is 0 Å². The zero-order valence-electron chi connectivity index (χ0n) is 15.1. The predicted molar refractivity (Wildman–Crippen MR) is 107 cm³/mol. The second-order valence-corrected chi connectivity index (χ2v) is 6.44. The summed E-state index contributed by atoms with van der Waals surface area (Å²) in [5.74, 6) is 0.700. The van der Waals surface area contributed by atoms with Gasteiger partial charge < -0.3 is 30.7 Å². The standard InChI is InChI=1S/C19H20N4O4.ClH/c20-14-7-16-17(27-11-26-16)8-15(14)22-18(24)9-21-19(25)23-6-5-12-3-1-2-4-13(12)10-23;/h1-4,7-8H,5-6,9-11,20H2,(H,21,25)(H,22,24);1H. The third-order valence-electron chi connectivity index (χ3n) is 4.64. The summed E-state index contributed by atoms with van der Waals surface area (Å²) >= 11 is 0. The summed E-state index contributed by atoms with van der Waals surface area (Å²) in [6.45, 7) is 1.14. The third kappa shape index (κ3) is 4.07. The minimum Gasteiger partial charge on any atom is -0.454 e. The summed E-state index contributed by atoms with van der Waals surface area (Å²) in [7, 11) is 0. The zero-order valence-corrected chi connectivity index (χ0v) is 15.9. The Bertz CT molecular complexity index is 905. The summed E-state index contributed by atoms with van der Waals surface area (Å²) in [5.41, 5.74) is 9.10. The monoisotopic (exact) mass is 404 g/mol. The Kier molecular flexibility index (Phi) is 5.79. The van der Waals surface area contributed by atoms with Gasteiger partial charge in [-0.15, -0.1) is 12.4 Å². The summed E-state index contributed by atoms with van der Waals surface area (Å²) in [6, 6.07) is 11.0. The predicted octanol–water partition coefficient (Wildman–Crippen LogP) is 2.13. The van der Waals surface area contributed by atoms with Crippen LogP contribution in [-0.4, -0.2) is 36.7 Å². The zero-order chi connectivity index (χ0) is 18.8. The second-order valence-electron chi connectivity index (χ2n) is 6.44. The molecule has 3 amide bonds. The number of hydrogen-bond acceptors (Lipinski definition) is 5. The van der Waals surface area contributed by atoms with Crippen LogP contribution in [0.2, 0.25) is 0 Å². The van der Waals surface area contributed by atoms with E-state index in [1.165, 1.54) is 5.56 Å². The lowest BCUT2D eigenvalue weighted by Crippen LogP contribution is -2.45. The molecule has 0 atom stereocenters. The number of carbonyl (C=O) groups is 2. The van der Waals surface area contributed by atoms with Crippen molar-refractivity contribution in [1.82, 2.24) is 10.2 Å². The molecule has 0 unspecified atom stereocenters. The number of urea groups is 1. The average molecular weight is 405 g/mol. The SMILES string of the molecule is Cl.Nc1cc2c(cc1NC(=O)CNC(=O)N1CCc3ccccc3C1)OCO2. The maximum atomic E-state index is 12.4. The number of halogens is 1. The molecular weight excluding hydrogens is 384 g/mol. The summed E-state index contributed by atoms with van der Waals surface area (Å²) in [6.07, 6.45) is 0.809. The number of fused-ring (bicyclic) bond motifs is 2. The normalized spacial score (nSPS) is 13.9. The fourth-order valence-corrected chi connectivity index (χ4v) is 3.20. The molecule has 0 fully saturated rings. The van der Waals surface area contributed by atoms with Crippen molar-refractivity contribution < 1.29 is 19.1 Å². The molecule has 148 valence electrons. The van der Waals surface area contributed by atoms with E-state index in [4.69, 9.17) is 15.2 Å². The largest absolute Gasteiger partial charge is 0.454 e. The van der Waals surface area contributed by atoms with Crippen molar-refractivity contribution in [3.05, 3.63) is 47.5 Å². The van der Waals surface area contributed by atoms with E-state index in [1.54, 1.807) is 17.0 Å². The summed E-state index contributed by atoms with van der Waals surface area (Å²) in [5, 5.41) is 5.33. The number of nitrogen functional groups attached to an aromatic ring is 1. The van der Waals surface area contributed by atoms with Gasteiger partial charge in [-0.1, -0.05) is 24.3 Å². The molecule has 2 aromatic carbocycles. The Morgan fingerprint density at radius 3 is 2.61 bits per heavy atom. The topological polar surface area (TPSA) is 106 Å². The van der Waals surface area contributed by atoms with Gasteiger partial charge in [0.15, 0.2) is 11.5 Å². The molecule has 8 nitrogen and oxygen atoms in total. The van der Waals surface area contributed by atoms with Gasteiger partial charge in [-0.3, -0.25) is 4.79 Å². The molecule has 0 spiro atoms. The number of amides is 3. The molecule has 0 saturated carbocycles. The maximum absolute atomic E-state index is 12.4. The van der Waals surface area contributed by atoms with Crippen LogP contribution in [0.15, 0.2) is 36.4 Å². The molecule has 2 aliphatic heterocycles. The molecule has 28 heavy (non-hydrogen) atoms. The number of nitrogens with zero attached hydrogens (tertiary/aromatic N) is 1. The number of benzene rings is 2. The lowest BCUT2D eigenvalue weighted by molar-refractivity contribution is -0.115. The van der Waals surface area contributed by atoms with Gasteiger partial charge in [0.1, 0.15) is 0 Å². The first kappa shape index (κ1) is 19.6. The summed E-state index contributed by atoms with van der Waals surface area (Å²) in [4.78, 5) is 26.2. The molecule has 0 aliphatic carbocycles. The highest BCUT2D eigenvalue weighted by atomic mass is 35.5. The van der Waals surface area contributed by atoms with E-state index in [2.05, 4.69) is 16.7 Å². The average Bonchev–Trinajstić information content (AvgIpc) is 3.13. The Hall–Kier alpha value is -3.13. The van der Waals surface area contributed by atoms with Gasteiger partial charge in [-0.05, 0) is 17.5 Å². The van der Waals surface area contributed by atoms with Crippen LogP contribution >= 0.6 is 12.4 Å². The van der Waals surface area contributed by atoms with E-state index in [1.807, 2.05) is 18.2 Å². The number of ether oxygens (including phenoxy) is 2. The van der Waals surface area contributed by atoms with Crippen LogP contribution in [0.4, 0.5) is 16.2 Å². The van der Waals surface area contributed by atoms with Gasteiger partial charge in [0.2, 0.25) is 12.7 Å². The van der Waals surface area contributed by atoms with E-state index in [9.17, 15) is 9.59 Å². The highest BCUT2D eigenvalue weighted by Crippen LogP contribution is 2.38. The van der Waals surface area contributed by atoms with Crippen molar-refractivity contribution >= 4 is 35.7 Å². The smallest absolute Gasteiger partial charge is 0.318 e. The molecular formula is C19H21ClN4O4. The number of carbonyl (C=O) groups excluding carboxylic acids is 2. The Morgan fingerprint density at radius 1 is 1.11 bits per heavy atom. The molecule has 0 bridgehead atoms. The quantitative estimate of drug-likeness (QED) is 0.679. The van der Waals surface area contributed by atoms with Crippen LogP contribution in [0.1, 0.15) is 11.1 Å². The highest BCUT2D eigenvalue weighted by molar-refractivity contribution is 5.97. The van der Waals surface area contributed by atoms with E-state index in [-0.39, 0.29) is 37.7 Å². The fourth-order valence-electron chi connectivity index (χ4n) is 3.20. The van der Waals surface area contributed by atoms with Crippen molar-refractivity contribution in [2.45, 2.75) is 13.0 Å². The van der Waals surface area contributed by atoms with Crippen LogP contribution in [0, 0.1) is 0 Å². The van der Waals surface area contributed by atoms with Gasteiger partial charge in [0.05, 0.1) is 17.9 Å². The molecule has 4 rings (SSSR count). The number of rotatable bonds is 3. The number of hydrogen-bond donors (Lipinski definition) is 3. The van der Waals surface area contributed by atoms with Crippen LogP contribution in [0.5, 0.6) is 11.5 Å². The van der Waals surface area contributed by atoms with E-state index < -0.39 is 0 Å². The highest BCUT2D eigenvalue weighted by Gasteiger charge is 2.21. The molecule has 2 aliphatic rings. The molecule has 4 N–H and O–H groups in total. The van der Waals surface area contributed by atoms with Crippen molar-refractivity contribution in [1.29, 1.82) is 0 Å². The number of nitrogens with two attached hydrogens (primary N) is 1. The molecule has 2 heterocycles. The first-order valence-electron chi connectivity index (χ1n) is 8.68. The molecule has 0 radical (unpaired) electrons. The third-order valence-corrected chi connectivity index (χ3v) is 4.64. The van der Waals surface area contributed by atoms with Crippen molar-refractivity contribution in [3.63, 3.8) is 0 Å². The maximum Gasteiger partial charge on any atom is 0.318 e. The second kappa shape index (κ2) is 8.26. The van der Waals surface area contributed by atoms with Gasteiger partial charge in [0.25, 0.3) is 0 Å². The minimum atomic E-state index is -0.369. The van der Waals surface area contributed by atoms with Crippen molar-refractivity contribution in [2.24, 2.45) is 0 Å². The van der Waals surface area contributed by atoms with Crippen molar-refractivity contribution in [3.8, 4) is 11.5 Å². The van der Waals surface area contributed by atoms with E-state index in [0.29, 0.717) is 36.0 Å². The van der Waals surface area contributed by atoms with Gasteiger partial charge in [0, 0.05) is 25.2 Å².